The van der Waals surface area contributed by atoms with E-state index < -0.39 is 29.7 Å². The molecule has 1 atom stereocenters. The first-order valence-corrected chi connectivity index (χ1v) is 7.81. The molecule has 2 aromatic rings. The summed E-state index contributed by atoms with van der Waals surface area (Å²) in [7, 11) is 0. The number of benzene rings is 1. The lowest BCUT2D eigenvalue weighted by atomic mass is 10.1. The second-order valence-corrected chi connectivity index (χ2v) is 5.91. The molecule has 1 aromatic carbocycles. The van der Waals surface area contributed by atoms with Gasteiger partial charge in [0.25, 0.3) is 0 Å². The van der Waals surface area contributed by atoms with E-state index in [1.807, 2.05) is 0 Å². The lowest BCUT2D eigenvalue weighted by Crippen LogP contribution is -2.43. The van der Waals surface area contributed by atoms with Gasteiger partial charge in [0.15, 0.2) is 0 Å². The van der Waals surface area contributed by atoms with Gasteiger partial charge in [-0.05, 0) is 23.3 Å². The summed E-state index contributed by atoms with van der Waals surface area (Å²) < 4.78 is 38.1. The van der Waals surface area contributed by atoms with E-state index in [2.05, 4.69) is 10.3 Å². The Kier molecular flexibility index (Phi) is 6.20. The van der Waals surface area contributed by atoms with Crippen LogP contribution in [-0.4, -0.2) is 28.0 Å². The molecule has 0 spiro atoms. The molecule has 0 unspecified atom stereocenters. The molecule has 0 saturated carbocycles. The molecule has 0 aliphatic rings. The summed E-state index contributed by atoms with van der Waals surface area (Å²) in [5, 5.41) is 11.8. The van der Waals surface area contributed by atoms with Gasteiger partial charge >= 0.3 is 12.1 Å². The van der Waals surface area contributed by atoms with Crippen LogP contribution in [-0.2, 0) is 28.6 Å². The highest BCUT2D eigenvalue weighted by atomic mass is 35.5. The standard InChI is InChI=1S/C17H14ClF3N2O3/c18-14-5-4-11(9-22-14)7-13(16(25)26)23-15(24)8-10-2-1-3-12(6-10)17(19,20)21/h1-6,9,13H,7-8H2,(H,23,24)(H,25,26)/t13-/m0/s1. The van der Waals surface area contributed by atoms with E-state index in [1.165, 1.54) is 24.4 Å². The van der Waals surface area contributed by atoms with Crippen LogP contribution in [0.3, 0.4) is 0 Å². The van der Waals surface area contributed by atoms with Crippen LogP contribution in [0.2, 0.25) is 5.15 Å². The summed E-state index contributed by atoms with van der Waals surface area (Å²) >= 11 is 5.65. The molecule has 26 heavy (non-hydrogen) atoms. The highest BCUT2D eigenvalue weighted by molar-refractivity contribution is 6.29. The number of aliphatic carboxylic acids is 1. The Balaban J connectivity index is 2.04. The van der Waals surface area contributed by atoms with E-state index in [1.54, 1.807) is 6.07 Å². The number of carbonyl (C=O) groups excluding carboxylic acids is 1. The average molecular weight is 387 g/mol. The van der Waals surface area contributed by atoms with E-state index in [4.69, 9.17) is 11.6 Å². The summed E-state index contributed by atoms with van der Waals surface area (Å²) in [6.45, 7) is 0. The number of rotatable bonds is 6. The predicted molar refractivity (Wildman–Crippen MR) is 87.7 cm³/mol. The van der Waals surface area contributed by atoms with Gasteiger partial charge in [0.2, 0.25) is 5.91 Å². The van der Waals surface area contributed by atoms with E-state index in [-0.39, 0.29) is 23.6 Å². The summed E-state index contributed by atoms with van der Waals surface area (Å²) in [6, 6.07) is 6.14. The number of nitrogens with one attached hydrogen (secondary N) is 1. The number of hydrogen-bond donors (Lipinski definition) is 2. The number of carboxylic acid groups (broad SMARTS) is 1. The molecule has 1 amide bonds. The summed E-state index contributed by atoms with van der Waals surface area (Å²) in [4.78, 5) is 27.2. The van der Waals surface area contributed by atoms with Crippen molar-refractivity contribution in [2.24, 2.45) is 0 Å². The Morgan fingerprint density at radius 2 is 1.92 bits per heavy atom. The maximum Gasteiger partial charge on any atom is 0.416 e. The number of amides is 1. The van der Waals surface area contributed by atoms with Crippen molar-refractivity contribution < 1.29 is 27.9 Å². The quantitative estimate of drug-likeness (QED) is 0.748. The fourth-order valence-corrected chi connectivity index (χ4v) is 2.36. The number of halogens is 4. The van der Waals surface area contributed by atoms with Gasteiger partial charge in [0, 0.05) is 12.6 Å². The largest absolute Gasteiger partial charge is 0.480 e. The minimum absolute atomic E-state index is 0.0339. The highest BCUT2D eigenvalue weighted by Gasteiger charge is 2.30. The molecule has 0 radical (unpaired) electrons. The summed E-state index contributed by atoms with van der Waals surface area (Å²) in [6.07, 6.45) is -3.53. The third kappa shape index (κ3) is 5.73. The topological polar surface area (TPSA) is 79.3 Å². The van der Waals surface area contributed by atoms with Crippen LogP contribution < -0.4 is 5.32 Å². The molecule has 0 fully saturated rings. The number of carboxylic acids is 1. The zero-order valence-corrected chi connectivity index (χ0v) is 14.0. The zero-order chi connectivity index (χ0) is 19.3. The number of carbonyl (C=O) groups is 2. The maximum atomic E-state index is 12.7. The van der Waals surface area contributed by atoms with Crippen molar-refractivity contribution >= 4 is 23.5 Å². The van der Waals surface area contributed by atoms with Gasteiger partial charge in [-0.1, -0.05) is 35.9 Å². The first-order chi connectivity index (χ1) is 12.1. The number of nitrogens with zero attached hydrogens (tertiary/aromatic N) is 1. The fraction of sp³-hybridized carbons (Fsp3) is 0.235. The summed E-state index contributed by atoms with van der Waals surface area (Å²) in [5.41, 5.74) is -0.194. The van der Waals surface area contributed by atoms with Crippen molar-refractivity contribution in [3.8, 4) is 0 Å². The number of pyridine rings is 1. The Hall–Kier alpha value is -2.61. The minimum Gasteiger partial charge on any atom is -0.480 e. The maximum absolute atomic E-state index is 12.7. The van der Waals surface area contributed by atoms with Gasteiger partial charge in [-0.3, -0.25) is 4.79 Å². The van der Waals surface area contributed by atoms with Crippen LogP contribution in [0.4, 0.5) is 13.2 Å². The van der Waals surface area contributed by atoms with E-state index in [9.17, 15) is 27.9 Å². The van der Waals surface area contributed by atoms with Crippen LogP contribution in [0.15, 0.2) is 42.6 Å². The molecule has 9 heteroatoms. The van der Waals surface area contributed by atoms with Gasteiger partial charge in [-0.2, -0.15) is 13.2 Å². The van der Waals surface area contributed by atoms with E-state index in [0.717, 1.165) is 12.1 Å². The lowest BCUT2D eigenvalue weighted by molar-refractivity contribution is -0.141. The molecule has 0 bridgehead atoms. The van der Waals surface area contributed by atoms with Gasteiger partial charge in [0.1, 0.15) is 11.2 Å². The first kappa shape index (κ1) is 19.7. The molecule has 2 N–H and O–H groups in total. The number of hydrogen-bond acceptors (Lipinski definition) is 3. The number of alkyl halides is 3. The van der Waals surface area contributed by atoms with Crippen LogP contribution in [0.5, 0.6) is 0 Å². The molecule has 1 aromatic heterocycles. The fourth-order valence-electron chi connectivity index (χ4n) is 2.25. The van der Waals surface area contributed by atoms with Crippen LogP contribution in [0, 0.1) is 0 Å². The molecular weight excluding hydrogens is 373 g/mol. The van der Waals surface area contributed by atoms with Crippen molar-refractivity contribution in [3.05, 3.63) is 64.4 Å². The normalized spacial score (nSPS) is 12.5. The van der Waals surface area contributed by atoms with Crippen molar-refractivity contribution in [2.45, 2.75) is 25.1 Å². The molecule has 1 heterocycles. The second kappa shape index (κ2) is 8.18. The van der Waals surface area contributed by atoms with Gasteiger partial charge in [-0.25, -0.2) is 9.78 Å². The second-order valence-electron chi connectivity index (χ2n) is 5.53. The van der Waals surface area contributed by atoms with Crippen molar-refractivity contribution in [2.75, 3.05) is 0 Å². The Labute approximate surface area is 151 Å². The average Bonchev–Trinajstić information content (AvgIpc) is 2.55. The predicted octanol–water partition coefficient (Wildman–Crippen LogP) is 3.11. The highest BCUT2D eigenvalue weighted by Crippen LogP contribution is 2.29. The van der Waals surface area contributed by atoms with Gasteiger partial charge < -0.3 is 10.4 Å². The lowest BCUT2D eigenvalue weighted by Gasteiger charge is -2.15. The zero-order valence-electron chi connectivity index (χ0n) is 13.3. The molecular formula is C17H14ClF3N2O3. The Morgan fingerprint density at radius 3 is 2.50 bits per heavy atom. The number of aromatic nitrogens is 1. The van der Waals surface area contributed by atoms with Gasteiger partial charge in [0.05, 0.1) is 12.0 Å². The SMILES string of the molecule is O=C(Cc1cccc(C(F)(F)F)c1)N[C@@H](Cc1ccc(Cl)nc1)C(=O)O. The van der Waals surface area contributed by atoms with Crippen LogP contribution >= 0.6 is 11.6 Å². The molecule has 2 rings (SSSR count). The van der Waals surface area contributed by atoms with Crippen molar-refractivity contribution in [1.82, 2.24) is 10.3 Å². The third-order valence-corrected chi connectivity index (χ3v) is 3.70. The van der Waals surface area contributed by atoms with Crippen molar-refractivity contribution in [1.29, 1.82) is 0 Å². The molecule has 138 valence electrons. The Bertz CT molecular complexity index is 795. The van der Waals surface area contributed by atoms with Crippen molar-refractivity contribution in [3.63, 3.8) is 0 Å². The van der Waals surface area contributed by atoms with Crippen LogP contribution in [0.25, 0.3) is 0 Å². The molecule has 0 saturated heterocycles. The van der Waals surface area contributed by atoms with Gasteiger partial charge in [-0.15, -0.1) is 0 Å². The Morgan fingerprint density at radius 1 is 1.19 bits per heavy atom. The molecule has 5 nitrogen and oxygen atoms in total. The third-order valence-electron chi connectivity index (χ3n) is 3.48. The van der Waals surface area contributed by atoms with E-state index in [0.29, 0.717) is 5.56 Å². The summed E-state index contributed by atoms with van der Waals surface area (Å²) in [5.74, 6) is -1.96. The molecule has 0 aliphatic heterocycles. The van der Waals surface area contributed by atoms with E-state index >= 15 is 0 Å². The first-order valence-electron chi connectivity index (χ1n) is 7.44. The minimum atomic E-state index is -4.52. The molecule has 0 aliphatic carbocycles. The van der Waals surface area contributed by atoms with Crippen LogP contribution in [0.1, 0.15) is 16.7 Å². The monoisotopic (exact) mass is 386 g/mol. The smallest absolute Gasteiger partial charge is 0.416 e.